The Morgan fingerprint density at radius 2 is 1.33 bits per heavy atom. The van der Waals surface area contributed by atoms with Gasteiger partial charge in [-0.2, -0.15) is 0 Å². The molecule has 0 aliphatic carbocycles. The standard InChI is InChI=1S/C21H42O3/c1-6-8-10-11-13-15-20(14-12-9-7-2)23-17-16-19(5)21(22)24-18(3)4/h18-20H,6-17H2,1-5H3/t19-,20?/m0/s1. The normalized spacial score (nSPS) is 13.9. The maximum atomic E-state index is 11.8. The zero-order valence-corrected chi connectivity index (χ0v) is 16.9. The molecule has 0 saturated carbocycles. The summed E-state index contributed by atoms with van der Waals surface area (Å²) in [7, 11) is 0. The Hall–Kier alpha value is -0.570. The Labute approximate surface area is 150 Å². The molecule has 0 rings (SSSR count). The fourth-order valence-corrected chi connectivity index (χ4v) is 2.79. The van der Waals surface area contributed by atoms with E-state index in [-0.39, 0.29) is 18.0 Å². The zero-order valence-electron chi connectivity index (χ0n) is 16.9. The van der Waals surface area contributed by atoms with Crippen molar-refractivity contribution in [3.05, 3.63) is 0 Å². The maximum absolute atomic E-state index is 11.8. The molecule has 3 heteroatoms. The van der Waals surface area contributed by atoms with E-state index in [1.54, 1.807) is 0 Å². The van der Waals surface area contributed by atoms with Gasteiger partial charge in [-0.1, -0.05) is 72.1 Å². The summed E-state index contributed by atoms with van der Waals surface area (Å²) in [6.07, 6.45) is 13.8. The smallest absolute Gasteiger partial charge is 0.308 e. The lowest BCUT2D eigenvalue weighted by Gasteiger charge is -2.19. The van der Waals surface area contributed by atoms with Crippen LogP contribution in [-0.2, 0) is 14.3 Å². The topological polar surface area (TPSA) is 35.5 Å². The van der Waals surface area contributed by atoms with Gasteiger partial charge in [-0.25, -0.2) is 0 Å². The summed E-state index contributed by atoms with van der Waals surface area (Å²) in [4.78, 5) is 11.8. The fraction of sp³-hybridized carbons (Fsp3) is 0.952. The highest BCUT2D eigenvalue weighted by molar-refractivity contribution is 5.72. The summed E-state index contributed by atoms with van der Waals surface area (Å²) >= 11 is 0. The maximum Gasteiger partial charge on any atom is 0.308 e. The SMILES string of the molecule is CCCCCCCC(CCCCC)OCC[C@H](C)C(=O)OC(C)C. The summed E-state index contributed by atoms with van der Waals surface area (Å²) in [6.45, 7) is 10.9. The van der Waals surface area contributed by atoms with E-state index in [2.05, 4.69) is 13.8 Å². The highest BCUT2D eigenvalue weighted by atomic mass is 16.5. The lowest BCUT2D eigenvalue weighted by molar-refractivity contribution is -0.152. The van der Waals surface area contributed by atoms with Crippen LogP contribution in [0.15, 0.2) is 0 Å². The van der Waals surface area contributed by atoms with E-state index in [0.29, 0.717) is 12.7 Å². The van der Waals surface area contributed by atoms with Crippen molar-refractivity contribution in [3.63, 3.8) is 0 Å². The van der Waals surface area contributed by atoms with E-state index in [1.807, 2.05) is 20.8 Å². The van der Waals surface area contributed by atoms with Crippen LogP contribution in [0.1, 0.15) is 105 Å². The number of carbonyl (C=O) groups excluding carboxylic acids is 1. The number of rotatable bonds is 16. The minimum Gasteiger partial charge on any atom is -0.463 e. The Balaban J connectivity index is 4.02. The van der Waals surface area contributed by atoms with Crippen molar-refractivity contribution in [3.8, 4) is 0 Å². The van der Waals surface area contributed by atoms with Crippen LogP contribution in [0.4, 0.5) is 0 Å². The van der Waals surface area contributed by atoms with Crippen LogP contribution in [0.2, 0.25) is 0 Å². The molecule has 0 amide bonds. The molecule has 0 aromatic rings. The van der Waals surface area contributed by atoms with Crippen LogP contribution in [0.3, 0.4) is 0 Å². The van der Waals surface area contributed by atoms with Gasteiger partial charge in [0.25, 0.3) is 0 Å². The van der Waals surface area contributed by atoms with Crippen molar-refractivity contribution >= 4 is 5.97 Å². The van der Waals surface area contributed by atoms with Gasteiger partial charge in [-0.15, -0.1) is 0 Å². The van der Waals surface area contributed by atoms with Gasteiger partial charge in [0.1, 0.15) is 0 Å². The van der Waals surface area contributed by atoms with E-state index in [9.17, 15) is 4.79 Å². The van der Waals surface area contributed by atoms with E-state index in [0.717, 1.165) is 19.3 Å². The lowest BCUT2D eigenvalue weighted by atomic mass is 10.0. The zero-order chi connectivity index (χ0) is 18.2. The average Bonchev–Trinajstić information content (AvgIpc) is 2.53. The first-order valence-electron chi connectivity index (χ1n) is 10.3. The second-order valence-corrected chi connectivity index (χ2v) is 7.37. The Bertz CT molecular complexity index is 289. The molecular weight excluding hydrogens is 300 g/mol. The van der Waals surface area contributed by atoms with Crippen molar-refractivity contribution in [2.24, 2.45) is 5.92 Å². The molecule has 2 atom stereocenters. The quantitative estimate of drug-likeness (QED) is 0.244. The van der Waals surface area contributed by atoms with Crippen LogP contribution in [-0.4, -0.2) is 24.8 Å². The van der Waals surface area contributed by atoms with Crippen LogP contribution in [0.5, 0.6) is 0 Å². The molecule has 0 N–H and O–H groups in total. The van der Waals surface area contributed by atoms with Gasteiger partial charge in [0.2, 0.25) is 0 Å². The first-order valence-corrected chi connectivity index (χ1v) is 10.3. The molecular formula is C21H42O3. The molecule has 0 heterocycles. The molecule has 0 spiro atoms. The number of carbonyl (C=O) groups is 1. The second-order valence-electron chi connectivity index (χ2n) is 7.37. The van der Waals surface area contributed by atoms with E-state index in [1.165, 1.54) is 51.4 Å². The molecule has 0 aromatic carbocycles. The van der Waals surface area contributed by atoms with Crippen molar-refractivity contribution in [1.29, 1.82) is 0 Å². The number of hydrogen-bond acceptors (Lipinski definition) is 3. The third-order valence-corrected chi connectivity index (χ3v) is 4.42. The summed E-state index contributed by atoms with van der Waals surface area (Å²) in [5.74, 6) is -0.177. The van der Waals surface area contributed by atoms with Crippen molar-refractivity contribution in [1.82, 2.24) is 0 Å². The lowest BCUT2D eigenvalue weighted by Crippen LogP contribution is -2.22. The first-order chi connectivity index (χ1) is 11.5. The largest absolute Gasteiger partial charge is 0.463 e. The van der Waals surface area contributed by atoms with Gasteiger partial charge in [0.15, 0.2) is 0 Å². The molecule has 0 radical (unpaired) electrons. The Morgan fingerprint density at radius 1 is 0.792 bits per heavy atom. The number of esters is 1. The van der Waals surface area contributed by atoms with E-state index >= 15 is 0 Å². The molecule has 0 aromatic heterocycles. The molecule has 0 aliphatic rings. The van der Waals surface area contributed by atoms with Gasteiger partial charge in [-0.3, -0.25) is 4.79 Å². The van der Waals surface area contributed by atoms with Crippen molar-refractivity contribution in [2.45, 2.75) is 117 Å². The molecule has 3 nitrogen and oxygen atoms in total. The van der Waals surface area contributed by atoms with Gasteiger partial charge in [0.05, 0.1) is 18.1 Å². The summed E-state index contributed by atoms with van der Waals surface area (Å²) < 4.78 is 11.4. The van der Waals surface area contributed by atoms with Crippen molar-refractivity contribution < 1.29 is 14.3 Å². The molecule has 0 aliphatic heterocycles. The van der Waals surface area contributed by atoms with Crippen LogP contribution in [0, 0.1) is 5.92 Å². The van der Waals surface area contributed by atoms with E-state index < -0.39 is 0 Å². The monoisotopic (exact) mass is 342 g/mol. The molecule has 0 fully saturated rings. The predicted octanol–water partition coefficient (Wildman–Crippen LogP) is 6.29. The van der Waals surface area contributed by atoms with Gasteiger partial charge in [-0.05, 0) is 33.1 Å². The molecule has 1 unspecified atom stereocenters. The summed E-state index contributed by atoms with van der Waals surface area (Å²) in [5.41, 5.74) is 0. The van der Waals surface area contributed by atoms with Crippen molar-refractivity contribution in [2.75, 3.05) is 6.61 Å². The first kappa shape index (κ1) is 23.4. The average molecular weight is 343 g/mol. The predicted molar refractivity (Wildman–Crippen MR) is 102 cm³/mol. The van der Waals surface area contributed by atoms with E-state index in [4.69, 9.17) is 9.47 Å². The van der Waals surface area contributed by atoms with Crippen LogP contribution < -0.4 is 0 Å². The number of hydrogen-bond donors (Lipinski definition) is 0. The van der Waals surface area contributed by atoms with Gasteiger partial charge >= 0.3 is 5.97 Å². The molecule has 24 heavy (non-hydrogen) atoms. The highest BCUT2D eigenvalue weighted by Crippen LogP contribution is 2.17. The number of unbranched alkanes of at least 4 members (excludes halogenated alkanes) is 6. The minimum absolute atomic E-state index is 0.0363. The molecule has 144 valence electrons. The second kappa shape index (κ2) is 15.9. The van der Waals surface area contributed by atoms with Crippen LogP contribution >= 0.6 is 0 Å². The molecule has 0 bridgehead atoms. The van der Waals surface area contributed by atoms with Gasteiger partial charge in [0, 0.05) is 6.61 Å². The summed E-state index contributed by atoms with van der Waals surface area (Å²) in [5, 5.41) is 0. The van der Waals surface area contributed by atoms with Crippen LogP contribution in [0.25, 0.3) is 0 Å². The Kier molecular flexibility index (Phi) is 15.6. The minimum atomic E-state index is -0.101. The highest BCUT2D eigenvalue weighted by Gasteiger charge is 2.17. The third kappa shape index (κ3) is 13.8. The molecule has 0 saturated heterocycles. The Morgan fingerprint density at radius 3 is 1.92 bits per heavy atom. The van der Waals surface area contributed by atoms with Gasteiger partial charge < -0.3 is 9.47 Å². The summed E-state index contributed by atoms with van der Waals surface area (Å²) in [6, 6.07) is 0. The third-order valence-electron chi connectivity index (χ3n) is 4.42. The fourth-order valence-electron chi connectivity index (χ4n) is 2.79. The number of ether oxygens (including phenoxy) is 2.